The Morgan fingerprint density at radius 1 is 1.24 bits per heavy atom. The van der Waals surface area contributed by atoms with Crippen LogP contribution in [0.1, 0.15) is 33.1 Å². The maximum atomic E-state index is 10.9. The van der Waals surface area contributed by atoms with Crippen LogP contribution in [0.5, 0.6) is 0 Å². The molecule has 6 unspecified atom stereocenters. The molecule has 6 atom stereocenters. The number of rotatable bonds is 7. The number of fused-ring (bicyclic) bond motifs is 1. The highest BCUT2D eigenvalue weighted by Gasteiger charge is 2.59. The molecule has 9 N–H and O–H groups in total. The second kappa shape index (κ2) is 7.46. The van der Waals surface area contributed by atoms with Gasteiger partial charge in [-0.3, -0.25) is 9.36 Å². The van der Waals surface area contributed by atoms with E-state index in [-0.39, 0.29) is 18.7 Å². The summed E-state index contributed by atoms with van der Waals surface area (Å²) in [5, 5.41) is 30.5. The first-order valence-corrected chi connectivity index (χ1v) is 9.24. The van der Waals surface area contributed by atoms with Crippen LogP contribution in [0, 0.1) is 0 Å². The number of aromatic nitrogens is 4. The molecule has 1 aliphatic rings. The van der Waals surface area contributed by atoms with E-state index in [1.54, 1.807) is 13.8 Å². The smallest absolute Gasteiger partial charge is 0.320 e. The number of hydrogen-bond donors (Lipinski definition) is 6. The highest BCUT2D eigenvalue weighted by atomic mass is 16.6. The summed E-state index contributed by atoms with van der Waals surface area (Å²) >= 11 is 0. The average Bonchev–Trinajstić information content (AvgIpc) is 3.16. The first-order chi connectivity index (χ1) is 13.5. The van der Waals surface area contributed by atoms with E-state index >= 15 is 0 Å². The van der Waals surface area contributed by atoms with Crippen molar-refractivity contribution in [2.75, 3.05) is 5.73 Å². The Bertz CT molecular complexity index is 907. The van der Waals surface area contributed by atoms with Crippen LogP contribution in [0.4, 0.5) is 5.82 Å². The Morgan fingerprint density at radius 2 is 1.93 bits per heavy atom. The summed E-state index contributed by atoms with van der Waals surface area (Å²) in [6, 6.07) is -1.51. The summed E-state index contributed by atoms with van der Waals surface area (Å²) in [6.45, 7) is 3.25. The average molecular weight is 409 g/mol. The summed E-state index contributed by atoms with van der Waals surface area (Å²) < 4.78 is 7.68. The Kier molecular flexibility index (Phi) is 5.49. The molecular formula is C17H27N7O5. The predicted octanol–water partition coefficient (Wildman–Crippen LogP) is -1.50. The van der Waals surface area contributed by atoms with Gasteiger partial charge in [0.1, 0.15) is 30.1 Å². The lowest BCUT2D eigenvalue weighted by Crippen LogP contribution is -2.45. The molecule has 2 aromatic heterocycles. The molecule has 12 heteroatoms. The minimum Gasteiger partial charge on any atom is -0.480 e. The van der Waals surface area contributed by atoms with Gasteiger partial charge >= 0.3 is 5.97 Å². The Hall–Kier alpha value is -2.38. The van der Waals surface area contributed by atoms with Crippen molar-refractivity contribution in [1.29, 1.82) is 0 Å². The molecule has 0 aliphatic carbocycles. The van der Waals surface area contributed by atoms with E-state index in [0.717, 1.165) is 0 Å². The fourth-order valence-electron chi connectivity index (χ4n) is 3.89. The van der Waals surface area contributed by atoms with Gasteiger partial charge in [-0.25, -0.2) is 15.0 Å². The Balaban J connectivity index is 1.83. The number of anilines is 1. The minimum atomic E-state index is -1.39. The van der Waals surface area contributed by atoms with Crippen LogP contribution < -0.4 is 17.2 Å². The Morgan fingerprint density at radius 3 is 2.59 bits per heavy atom. The third-order valence-corrected chi connectivity index (χ3v) is 5.59. The van der Waals surface area contributed by atoms with E-state index in [1.165, 1.54) is 17.2 Å². The van der Waals surface area contributed by atoms with Crippen molar-refractivity contribution in [3.63, 3.8) is 0 Å². The van der Waals surface area contributed by atoms with Gasteiger partial charge in [0.2, 0.25) is 0 Å². The lowest BCUT2D eigenvalue weighted by atomic mass is 9.87. The summed E-state index contributed by atoms with van der Waals surface area (Å²) in [6.07, 6.45) is 0.810. The van der Waals surface area contributed by atoms with Gasteiger partial charge < -0.3 is 37.3 Å². The van der Waals surface area contributed by atoms with Gasteiger partial charge in [0.05, 0.1) is 11.9 Å². The van der Waals surface area contributed by atoms with Crippen LogP contribution >= 0.6 is 0 Å². The molecule has 0 spiro atoms. The molecule has 29 heavy (non-hydrogen) atoms. The minimum absolute atomic E-state index is 0.177. The number of carboxylic acid groups (broad SMARTS) is 1. The molecule has 3 heterocycles. The van der Waals surface area contributed by atoms with Crippen LogP contribution in [0.15, 0.2) is 12.7 Å². The quantitative estimate of drug-likeness (QED) is 0.310. The molecule has 2 aromatic rings. The highest BCUT2D eigenvalue weighted by molar-refractivity contribution is 5.81. The third-order valence-electron chi connectivity index (χ3n) is 5.59. The van der Waals surface area contributed by atoms with Crippen molar-refractivity contribution in [1.82, 2.24) is 19.5 Å². The summed E-state index contributed by atoms with van der Waals surface area (Å²) in [5.41, 5.74) is 15.6. The zero-order valence-corrected chi connectivity index (χ0v) is 16.3. The number of aliphatic hydroxyl groups excluding tert-OH is 2. The third kappa shape index (κ3) is 3.65. The topological polar surface area (TPSA) is 209 Å². The number of nitrogen functional groups attached to an aromatic ring is 1. The fraction of sp³-hybridized carbons (Fsp3) is 0.647. The van der Waals surface area contributed by atoms with Crippen molar-refractivity contribution in [2.45, 2.75) is 68.7 Å². The molecule has 0 amide bonds. The number of hydrogen-bond acceptors (Lipinski definition) is 10. The predicted molar refractivity (Wildman–Crippen MR) is 102 cm³/mol. The molecule has 1 saturated heterocycles. The number of nitrogens with two attached hydrogens (primary N) is 3. The van der Waals surface area contributed by atoms with Crippen molar-refractivity contribution in [3.05, 3.63) is 12.7 Å². The molecule has 0 radical (unpaired) electrons. The summed E-state index contributed by atoms with van der Waals surface area (Å²) in [7, 11) is 0. The number of imidazole rings is 1. The monoisotopic (exact) mass is 409 g/mol. The zero-order valence-electron chi connectivity index (χ0n) is 16.3. The van der Waals surface area contributed by atoms with Crippen LogP contribution in [-0.2, 0) is 15.3 Å². The van der Waals surface area contributed by atoms with Gasteiger partial charge in [0, 0.05) is 6.04 Å². The summed E-state index contributed by atoms with van der Waals surface area (Å²) in [5.74, 6) is -0.915. The van der Waals surface area contributed by atoms with Crippen molar-refractivity contribution in [2.24, 2.45) is 11.5 Å². The fourth-order valence-corrected chi connectivity index (χ4v) is 3.89. The van der Waals surface area contributed by atoms with Crippen LogP contribution in [-0.4, -0.2) is 70.7 Å². The van der Waals surface area contributed by atoms with Gasteiger partial charge in [0.15, 0.2) is 17.2 Å². The van der Waals surface area contributed by atoms with Gasteiger partial charge in [-0.2, -0.15) is 0 Å². The normalized spacial score (nSPS) is 31.8. The van der Waals surface area contributed by atoms with Crippen LogP contribution in [0.2, 0.25) is 0 Å². The lowest BCUT2D eigenvalue weighted by Gasteiger charge is -2.33. The molecule has 0 saturated carbocycles. The highest BCUT2D eigenvalue weighted by Crippen LogP contribution is 2.44. The SMILES string of the molecule is CC1(CC(N)CCC(N)C(=O)O)OC(C)(n2cnc3c(N)ncnc32)C(O)C1O. The second-order valence-corrected chi connectivity index (χ2v) is 7.89. The van der Waals surface area contributed by atoms with Gasteiger partial charge in [-0.1, -0.05) is 0 Å². The van der Waals surface area contributed by atoms with E-state index in [2.05, 4.69) is 15.0 Å². The van der Waals surface area contributed by atoms with E-state index < -0.39 is 41.6 Å². The van der Waals surface area contributed by atoms with Crippen molar-refractivity contribution < 1.29 is 24.9 Å². The number of carboxylic acids is 1. The summed E-state index contributed by atoms with van der Waals surface area (Å²) in [4.78, 5) is 23.1. The van der Waals surface area contributed by atoms with E-state index in [9.17, 15) is 15.0 Å². The molecular weight excluding hydrogens is 382 g/mol. The first kappa shape index (κ1) is 21.3. The standard InChI is InChI=1S/C17H27N7O5/c1-16(5-8(18)3-4-9(19)15(27)28)11(25)12(26)17(2,29-16)24-7-23-10-13(20)21-6-22-14(10)24/h6-9,11-12,25-26H,3-5,18-19H2,1-2H3,(H,27,28)(H2,20,21,22). The number of ether oxygens (including phenoxy) is 1. The number of carbonyl (C=O) groups is 1. The van der Waals surface area contributed by atoms with Crippen LogP contribution in [0.3, 0.4) is 0 Å². The first-order valence-electron chi connectivity index (χ1n) is 9.24. The van der Waals surface area contributed by atoms with Gasteiger partial charge in [-0.15, -0.1) is 0 Å². The van der Waals surface area contributed by atoms with E-state index in [4.69, 9.17) is 27.0 Å². The molecule has 1 aliphatic heterocycles. The van der Waals surface area contributed by atoms with Crippen molar-refractivity contribution in [3.8, 4) is 0 Å². The van der Waals surface area contributed by atoms with Crippen molar-refractivity contribution >= 4 is 23.0 Å². The second-order valence-electron chi connectivity index (χ2n) is 7.89. The van der Waals surface area contributed by atoms with Gasteiger partial charge in [0.25, 0.3) is 0 Å². The number of aliphatic carboxylic acids is 1. The number of nitrogens with zero attached hydrogens (tertiary/aromatic N) is 4. The van der Waals surface area contributed by atoms with Crippen LogP contribution in [0.25, 0.3) is 11.2 Å². The maximum absolute atomic E-state index is 10.9. The molecule has 160 valence electrons. The zero-order chi connectivity index (χ0) is 21.6. The molecule has 0 aromatic carbocycles. The lowest BCUT2D eigenvalue weighted by molar-refractivity contribution is -0.162. The molecule has 1 fully saturated rings. The molecule has 0 bridgehead atoms. The maximum Gasteiger partial charge on any atom is 0.320 e. The molecule has 3 rings (SSSR count). The number of aliphatic hydroxyl groups is 2. The van der Waals surface area contributed by atoms with Gasteiger partial charge in [-0.05, 0) is 33.1 Å². The molecule has 12 nitrogen and oxygen atoms in total. The van der Waals surface area contributed by atoms with E-state index in [1.807, 2.05) is 0 Å². The largest absolute Gasteiger partial charge is 0.480 e. The van der Waals surface area contributed by atoms with E-state index in [0.29, 0.717) is 17.6 Å². The Labute approximate surface area is 166 Å².